The highest BCUT2D eigenvalue weighted by Gasteiger charge is 2.27. The maximum atomic E-state index is 13.3. The summed E-state index contributed by atoms with van der Waals surface area (Å²) in [5.41, 5.74) is 1.54. The van der Waals surface area contributed by atoms with Crippen LogP contribution >= 0.6 is 0 Å². The summed E-state index contributed by atoms with van der Waals surface area (Å²) in [6.45, 7) is 5.61. The van der Waals surface area contributed by atoms with E-state index in [-0.39, 0.29) is 29.0 Å². The highest BCUT2D eigenvalue weighted by atomic mass is 19.1. The van der Waals surface area contributed by atoms with E-state index < -0.39 is 0 Å². The molecule has 3 aromatic heterocycles. The third-order valence-corrected chi connectivity index (χ3v) is 7.14. The van der Waals surface area contributed by atoms with Crippen molar-refractivity contribution >= 4 is 22.6 Å². The van der Waals surface area contributed by atoms with Crippen molar-refractivity contribution in [2.75, 3.05) is 63.9 Å². The maximum Gasteiger partial charge on any atom is 0.236 e. The number of aromatic amines is 1. The number of nitrogens with one attached hydrogen (secondary N) is 1. The number of amides is 1. The van der Waals surface area contributed by atoms with Crippen LogP contribution in [-0.4, -0.2) is 105 Å². The standard InChI is InChI=1S/C27H29FN8O3/c28-19-5-3-18(4-6-19)16-21-30-26(33-32-21)24-25(38)23-20(2-1-7-29-23)27(31-24)36-10-8-34(9-11-36)17-22(37)35-12-14-39-15-13-35/h1-7,38H,8-17H2,(H,30,32,33). The van der Waals surface area contributed by atoms with Crippen LogP contribution in [0.1, 0.15) is 11.4 Å². The van der Waals surface area contributed by atoms with Gasteiger partial charge in [-0.3, -0.25) is 19.8 Å². The summed E-state index contributed by atoms with van der Waals surface area (Å²) in [5, 5.41) is 19.0. The van der Waals surface area contributed by atoms with Crippen molar-refractivity contribution in [1.82, 2.24) is 34.9 Å². The zero-order chi connectivity index (χ0) is 26.8. The number of benzene rings is 1. The fourth-order valence-electron chi connectivity index (χ4n) is 5.00. The molecule has 2 saturated heterocycles. The van der Waals surface area contributed by atoms with Crippen LogP contribution in [0.5, 0.6) is 5.75 Å². The number of nitrogens with zero attached hydrogens (tertiary/aromatic N) is 7. The van der Waals surface area contributed by atoms with Crippen LogP contribution in [0.25, 0.3) is 22.4 Å². The average Bonchev–Trinajstić information content (AvgIpc) is 3.44. The fraction of sp³-hybridized carbons (Fsp3) is 0.370. The van der Waals surface area contributed by atoms with Gasteiger partial charge in [-0.25, -0.2) is 14.4 Å². The first-order chi connectivity index (χ1) is 19.0. The van der Waals surface area contributed by atoms with E-state index in [2.05, 4.69) is 30.0 Å². The van der Waals surface area contributed by atoms with Gasteiger partial charge in [-0.15, -0.1) is 0 Å². The van der Waals surface area contributed by atoms with Crippen LogP contribution in [0.4, 0.5) is 10.2 Å². The molecule has 0 atom stereocenters. The minimum Gasteiger partial charge on any atom is -0.504 e. The first kappa shape index (κ1) is 25.1. The Hall–Kier alpha value is -4.16. The normalized spacial score (nSPS) is 16.6. The van der Waals surface area contributed by atoms with Crippen molar-refractivity contribution in [2.24, 2.45) is 0 Å². The predicted octanol–water partition coefficient (Wildman–Crippen LogP) is 1.83. The van der Waals surface area contributed by atoms with Gasteiger partial charge < -0.3 is 19.6 Å². The number of fused-ring (bicyclic) bond motifs is 1. The molecule has 4 aromatic rings. The van der Waals surface area contributed by atoms with Gasteiger partial charge in [0.2, 0.25) is 11.7 Å². The number of ether oxygens (including phenoxy) is 1. The van der Waals surface area contributed by atoms with E-state index in [1.54, 1.807) is 18.3 Å². The quantitative estimate of drug-likeness (QED) is 0.383. The van der Waals surface area contributed by atoms with Crippen LogP contribution in [0.3, 0.4) is 0 Å². The lowest BCUT2D eigenvalue weighted by molar-refractivity contribution is -0.136. The lowest BCUT2D eigenvalue weighted by atomic mass is 10.1. The second-order valence-corrected chi connectivity index (χ2v) is 9.70. The van der Waals surface area contributed by atoms with Crippen LogP contribution in [0, 0.1) is 5.82 Å². The smallest absolute Gasteiger partial charge is 0.236 e. The molecule has 0 spiro atoms. The second-order valence-electron chi connectivity index (χ2n) is 9.70. The lowest BCUT2D eigenvalue weighted by Gasteiger charge is -2.37. The summed E-state index contributed by atoms with van der Waals surface area (Å²) in [5.74, 6) is 1.26. The minimum absolute atomic E-state index is 0.0866. The van der Waals surface area contributed by atoms with Crippen molar-refractivity contribution in [3.8, 4) is 17.3 Å². The summed E-state index contributed by atoms with van der Waals surface area (Å²) in [6.07, 6.45) is 2.06. The monoisotopic (exact) mass is 532 g/mol. The number of morpholine rings is 1. The molecule has 0 aliphatic carbocycles. The summed E-state index contributed by atoms with van der Waals surface area (Å²) in [6, 6.07) is 9.90. The summed E-state index contributed by atoms with van der Waals surface area (Å²) in [4.78, 5) is 32.7. The molecule has 11 nitrogen and oxygen atoms in total. The van der Waals surface area contributed by atoms with Gasteiger partial charge >= 0.3 is 0 Å². The number of aromatic nitrogens is 5. The average molecular weight is 533 g/mol. The van der Waals surface area contributed by atoms with Crippen molar-refractivity contribution in [3.05, 3.63) is 59.8 Å². The molecule has 5 heterocycles. The van der Waals surface area contributed by atoms with Crippen molar-refractivity contribution in [2.45, 2.75) is 6.42 Å². The molecule has 0 bridgehead atoms. The van der Waals surface area contributed by atoms with E-state index in [4.69, 9.17) is 9.72 Å². The Balaban J connectivity index is 1.22. The third-order valence-electron chi connectivity index (χ3n) is 7.14. The number of carbonyl (C=O) groups is 1. The molecule has 6 rings (SSSR count). The Bertz CT molecular complexity index is 1460. The Morgan fingerprint density at radius 1 is 1.03 bits per heavy atom. The summed E-state index contributed by atoms with van der Waals surface area (Å²) in [7, 11) is 0. The summed E-state index contributed by atoms with van der Waals surface area (Å²) < 4.78 is 18.6. The van der Waals surface area contributed by atoms with Gasteiger partial charge in [0.15, 0.2) is 11.4 Å². The Morgan fingerprint density at radius 2 is 1.79 bits per heavy atom. The van der Waals surface area contributed by atoms with Gasteiger partial charge in [-0.1, -0.05) is 12.1 Å². The molecule has 202 valence electrons. The van der Waals surface area contributed by atoms with E-state index >= 15 is 0 Å². The van der Waals surface area contributed by atoms with E-state index in [0.29, 0.717) is 82.6 Å². The molecule has 39 heavy (non-hydrogen) atoms. The maximum absolute atomic E-state index is 13.3. The van der Waals surface area contributed by atoms with Gasteiger partial charge in [-0.05, 0) is 29.8 Å². The van der Waals surface area contributed by atoms with E-state index in [0.717, 1.165) is 10.9 Å². The van der Waals surface area contributed by atoms with Crippen LogP contribution < -0.4 is 4.90 Å². The van der Waals surface area contributed by atoms with Crippen molar-refractivity contribution in [3.63, 3.8) is 0 Å². The molecule has 2 N–H and O–H groups in total. The number of carbonyl (C=O) groups excluding carboxylic acids is 1. The number of anilines is 1. The number of hydrogen-bond donors (Lipinski definition) is 2. The number of hydrogen-bond acceptors (Lipinski definition) is 9. The van der Waals surface area contributed by atoms with Gasteiger partial charge in [0.05, 0.1) is 19.8 Å². The number of halogens is 1. The largest absolute Gasteiger partial charge is 0.504 e. The molecular weight excluding hydrogens is 503 g/mol. The zero-order valence-corrected chi connectivity index (χ0v) is 21.4. The SMILES string of the molecule is O=C(CN1CCN(c2nc(-c3n[nH]c(Cc4ccc(F)cc4)n3)c(O)c3ncccc23)CC1)N1CCOCC1. The Morgan fingerprint density at radius 3 is 2.56 bits per heavy atom. The topological polar surface area (TPSA) is 124 Å². The van der Waals surface area contributed by atoms with Crippen LogP contribution in [-0.2, 0) is 16.0 Å². The molecule has 0 saturated carbocycles. The minimum atomic E-state index is -0.299. The molecule has 2 fully saturated rings. The van der Waals surface area contributed by atoms with Crippen LogP contribution in [0.2, 0.25) is 0 Å². The Kier molecular flexibility index (Phi) is 7.03. The fourth-order valence-corrected chi connectivity index (χ4v) is 5.00. The molecule has 2 aliphatic heterocycles. The van der Waals surface area contributed by atoms with Crippen LogP contribution in [0.15, 0.2) is 42.6 Å². The van der Waals surface area contributed by atoms with E-state index in [1.807, 2.05) is 17.0 Å². The molecule has 12 heteroatoms. The molecular formula is C27H29FN8O3. The molecule has 1 aromatic carbocycles. The lowest BCUT2D eigenvalue weighted by Crippen LogP contribution is -2.51. The third kappa shape index (κ3) is 5.38. The summed E-state index contributed by atoms with van der Waals surface area (Å²) >= 11 is 0. The first-order valence-corrected chi connectivity index (χ1v) is 13.0. The molecule has 1 amide bonds. The number of H-pyrrole nitrogens is 1. The highest BCUT2D eigenvalue weighted by Crippen LogP contribution is 2.37. The van der Waals surface area contributed by atoms with Crippen molar-refractivity contribution < 1.29 is 19.0 Å². The molecule has 2 aliphatic rings. The van der Waals surface area contributed by atoms with Crippen molar-refractivity contribution in [1.29, 1.82) is 0 Å². The van der Waals surface area contributed by atoms with E-state index in [1.165, 1.54) is 12.1 Å². The zero-order valence-electron chi connectivity index (χ0n) is 21.4. The first-order valence-electron chi connectivity index (χ1n) is 13.0. The molecule has 0 unspecified atom stereocenters. The number of aromatic hydroxyl groups is 1. The second kappa shape index (κ2) is 10.9. The van der Waals surface area contributed by atoms with Gasteiger partial charge in [0, 0.05) is 57.3 Å². The van der Waals surface area contributed by atoms with E-state index in [9.17, 15) is 14.3 Å². The number of piperazine rings is 1. The van der Waals surface area contributed by atoms with Gasteiger partial charge in [0.1, 0.15) is 23.0 Å². The highest BCUT2D eigenvalue weighted by molar-refractivity contribution is 5.97. The Labute approximate surface area is 224 Å². The van der Waals surface area contributed by atoms with Gasteiger partial charge in [-0.2, -0.15) is 5.10 Å². The van der Waals surface area contributed by atoms with Gasteiger partial charge in [0.25, 0.3) is 0 Å². The molecule has 0 radical (unpaired) electrons. The number of pyridine rings is 2. The predicted molar refractivity (Wildman–Crippen MR) is 142 cm³/mol. The number of rotatable bonds is 6.